The zero-order chi connectivity index (χ0) is 7.40. The molecular formula is C8H17NO. The Morgan fingerprint density at radius 1 is 1.50 bits per heavy atom. The maximum absolute atomic E-state index is 8.48. The molecule has 0 radical (unpaired) electrons. The molecule has 2 heteroatoms. The van der Waals surface area contributed by atoms with Gasteiger partial charge in [0.05, 0.1) is 0 Å². The van der Waals surface area contributed by atoms with Gasteiger partial charge in [-0.05, 0) is 18.8 Å². The summed E-state index contributed by atoms with van der Waals surface area (Å²) in [6.07, 6.45) is 6.45. The summed E-state index contributed by atoms with van der Waals surface area (Å²) in [4.78, 5) is 0. The number of hydroxylamine groups is 1. The SMILES string of the molecule is CCCCCC1CC1NO. The molecule has 2 unspecified atom stereocenters. The molecule has 0 aromatic rings. The first-order chi connectivity index (χ1) is 4.88. The number of hydrogen-bond donors (Lipinski definition) is 2. The lowest BCUT2D eigenvalue weighted by Crippen LogP contribution is -2.11. The van der Waals surface area contributed by atoms with Crippen molar-refractivity contribution < 1.29 is 5.21 Å². The third-order valence-corrected chi connectivity index (χ3v) is 2.27. The van der Waals surface area contributed by atoms with Crippen LogP contribution in [-0.2, 0) is 0 Å². The fourth-order valence-electron chi connectivity index (χ4n) is 1.38. The van der Waals surface area contributed by atoms with Crippen LogP contribution in [0.25, 0.3) is 0 Å². The first-order valence-corrected chi connectivity index (χ1v) is 4.28. The highest BCUT2D eigenvalue weighted by Gasteiger charge is 2.35. The topological polar surface area (TPSA) is 32.3 Å². The van der Waals surface area contributed by atoms with E-state index in [1.54, 1.807) is 0 Å². The lowest BCUT2D eigenvalue weighted by atomic mass is 10.1. The largest absolute Gasteiger partial charge is 0.317 e. The molecule has 10 heavy (non-hydrogen) atoms. The Morgan fingerprint density at radius 2 is 2.30 bits per heavy atom. The molecule has 1 aliphatic carbocycles. The molecular weight excluding hydrogens is 126 g/mol. The Hall–Kier alpha value is -0.0800. The molecule has 0 aromatic carbocycles. The molecule has 0 heterocycles. The van der Waals surface area contributed by atoms with E-state index in [2.05, 4.69) is 12.4 Å². The molecule has 0 aliphatic heterocycles. The second-order valence-electron chi connectivity index (χ2n) is 3.23. The van der Waals surface area contributed by atoms with Gasteiger partial charge >= 0.3 is 0 Å². The normalized spacial score (nSPS) is 30.6. The molecule has 0 bridgehead atoms. The second kappa shape index (κ2) is 3.94. The van der Waals surface area contributed by atoms with Gasteiger partial charge in [0, 0.05) is 6.04 Å². The smallest absolute Gasteiger partial charge is 0.0351 e. The fourth-order valence-corrected chi connectivity index (χ4v) is 1.38. The minimum absolute atomic E-state index is 0.428. The van der Waals surface area contributed by atoms with Gasteiger partial charge in [0.1, 0.15) is 0 Å². The summed E-state index contributed by atoms with van der Waals surface area (Å²) in [5.41, 5.74) is 2.32. The van der Waals surface area contributed by atoms with Crippen molar-refractivity contribution in [2.75, 3.05) is 0 Å². The van der Waals surface area contributed by atoms with Gasteiger partial charge in [-0.2, -0.15) is 0 Å². The van der Waals surface area contributed by atoms with Crippen LogP contribution in [0.5, 0.6) is 0 Å². The van der Waals surface area contributed by atoms with Gasteiger partial charge in [-0.25, -0.2) is 5.48 Å². The zero-order valence-corrected chi connectivity index (χ0v) is 6.64. The van der Waals surface area contributed by atoms with Crippen LogP contribution in [-0.4, -0.2) is 11.2 Å². The minimum Gasteiger partial charge on any atom is -0.317 e. The maximum atomic E-state index is 8.48. The number of rotatable bonds is 5. The highest BCUT2D eigenvalue weighted by molar-refractivity contribution is 4.90. The summed E-state index contributed by atoms with van der Waals surface area (Å²) < 4.78 is 0. The monoisotopic (exact) mass is 143 g/mol. The molecule has 0 amide bonds. The van der Waals surface area contributed by atoms with E-state index >= 15 is 0 Å². The molecule has 1 saturated carbocycles. The Kier molecular flexibility index (Phi) is 3.16. The Balaban J connectivity index is 1.87. The molecule has 2 atom stereocenters. The summed E-state index contributed by atoms with van der Waals surface area (Å²) in [5, 5.41) is 8.48. The summed E-state index contributed by atoms with van der Waals surface area (Å²) in [5.74, 6) is 0.775. The third-order valence-electron chi connectivity index (χ3n) is 2.27. The standard InChI is InChI=1S/C8H17NO/c1-2-3-4-5-7-6-8(7)9-10/h7-10H,2-6H2,1H3. The Bertz CT molecular complexity index is 95.3. The predicted molar refractivity (Wildman–Crippen MR) is 41.0 cm³/mol. The van der Waals surface area contributed by atoms with Crippen LogP contribution in [0.1, 0.15) is 39.0 Å². The highest BCUT2D eigenvalue weighted by Crippen LogP contribution is 2.34. The summed E-state index contributed by atoms with van der Waals surface area (Å²) in [6, 6.07) is 0.428. The predicted octanol–water partition coefficient (Wildman–Crippen LogP) is 1.93. The molecule has 60 valence electrons. The van der Waals surface area contributed by atoms with Crippen LogP contribution in [0.4, 0.5) is 0 Å². The second-order valence-corrected chi connectivity index (χ2v) is 3.23. The van der Waals surface area contributed by atoms with Crippen LogP contribution >= 0.6 is 0 Å². The van der Waals surface area contributed by atoms with Crippen molar-refractivity contribution in [2.45, 2.75) is 45.1 Å². The van der Waals surface area contributed by atoms with E-state index in [9.17, 15) is 0 Å². The van der Waals surface area contributed by atoms with Gasteiger partial charge in [0.15, 0.2) is 0 Å². The Labute approximate surface area is 62.6 Å². The van der Waals surface area contributed by atoms with E-state index in [1.165, 1.54) is 32.1 Å². The van der Waals surface area contributed by atoms with Crippen LogP contribution in [0.3, 0.4) is 0 Å². The van der Waals surface area contributed by atoms with Gasteiger partial charge in [0.2, 0.25) is 0 Å². The van der Waals surface area contributed by atoms with E-state index in [1.807, 2.05) is 0 Å². The minimum atomic E-state index is 0.428. The summed E-state index contributed by atoms with van der Waals surface area (Å²) in [6.45, 7) is 2.22. The van der Waals surface area contributed by atoms with Crippen molar-refractivity contribution in [3.8, 4) is 0 Å². The highest BCUT2D eigenvalue weighted by atomic mass is 16.5. The first-order valence-electron chi connectivity index (χ1n) is 4.28. The average molecular weight is 143 g/mol. The van der Waals surface area contributed by atoms with Gasteiger partial charge < -0.3 is 5.21 Å². The summed E-state index contributed by atoms with van der Waals surface area (Å²) >= 11 is 0. The van der Waals surface area contributed by atoms with Gasteiger partial charge in [0.25, 0.3) is 0 Å². The molecule has 1 rings (SSSR count). The maximum Gasteiger partial charge on any atom is 0.0351 e. The lowest BCUT2D eigenvalue weighted by molar-refractivity contribution is 0.154. The molecule has 1 aliphatic rings. The van der Waals surface area contributed by atoms with Crippen LogP contribution < -0.4 is 5.48 Å². The first kappa shape index (κ1) is 8.02. The van der Waals surface area contributed by atoms with E-state index in [0.29, 0.717) is 6.04 Å². The molecule has 2 nitrogen and oxygen atoms in total. The number of hydrogen-bond acceptors (Lipinski definition) is 2. The van der Waals surface area contributed by atoms with Gasteiger partial charge in [-0.3, -0.25) is 0 Å². The van der Waals surface area contributed by atoms with E-state index in [4.69, 9.17) is 5.21 Å². The van der Waals surface area contributed by atoms with Crippen LogP contribution in [0, 0.1) is 5.92 Å². The number of unbranched alkanes of at least 4 members (excludes halogenated alkanes) is 2. The number of nitrogens with one attached hydrogen (secondary N) is 1. The third kappa shape index (κ3) is 2.27. The van der Waals surface area contributed by atoms with Crippen molar-refractivity contribution in [3.05, 3.63) is 0 Å². The summed E-state index contributed by atoms with van der Waals surface area (Å²) in [7, 11) is 0. The van der Waals surface area contributed by atoms with Crippen molar-refractivity contribution >= 4 is 0 Å². The lowest BCUT2D eigenvalue weighted by Gasteiger charge is -1.96. The van der Waals surface area contributed by atoms with Crippen LogP contribution in [0.2, 0.25) is 0 Å². The van der Waals surface area contributed by atoms with Gasteiger partial charge in [-0.15, -0.1) is 0 Å². The van der Waals surface area contributed by atoms with Crippen molar-refractivity contribution in [1.82, 2.24) is 5.48 Å². The van der Waals surface area contributed by atoms with Crippen molar-refractivity contribution in [3.63, 3.8) is 0 Å². The van der Waals surface area contributed by atoms with E-state index in [-0.39, 0.29) is 0 Å². The average Bonchev–Trinajstić information content (AvgIpc) is 2.68. The zero-order valence-electron chi connectivity index (χ0n) is 6.64. The molecule has 2 N–H and O–H groups in total. The van der Waals surface area contributed by atoms with E-state index in [0.717, 1.165) is 5.92 Å². The Morgan fingerprint density at radius 3 is 2.80 bits per heavy atom. The molecule has 0 aromatic heterocycles. The van der Waals surface area contributed by atoms with Crippen LogP contribution in [0.15, 0.2) is 0 Å². The van der Waals surface area contributed by atoms with E-state index < -0.39 is 0 Å². The molecule has 1 fully saturated rings. The molecule has 0 saturated heterocycles. The van der Waals surface area contributed by atoms with Crippen molar-refractivity contribution in [1.29, 1.82) is 0 Å². The quantitative estimate of drug-likeness (QED) is 0.455. The fraction of sp³-hybridized carbons (Fsp3) is 1.00. The van der Waals surface area contributed by atoms with Crippen molar-refractivity contribution in [2.24, 2.45) is 5.92 Å². The molecule has 0 spiro atoms. The van der Waals surface area contributed by atoms with Gasteiger partial charge in [-0.1, -0.05) is 26.2 Å².